The molecule has 0 radical (unpaired) electrons. The highest BCUT2D eigenvalue weighted by Gasteiger charge is 2.18. The zero-order valence-corrected chi connectivity index (χ0v) is 17.3. The van der Waals surface area contributed by atoms with Crippen LogP contribution in [0.2, 0.25) is 10.0 Å². The normalized spacial score (nSPS) is 16.2. The number of methoxy groups -OCH3 is 1. The number of nitrogens with one attached hydrogen (secondary N) is 1. The van der Waals surface area contributed by atoms with Gasteiger partial charge in [0.1, 0.15) is 11.6 Å². The topological polar surface area (TPSA) is 39.7 Å². The summed E-state index contributed by atoms with van der Waals surface area (Å²) in [6, 6.07) is 11.1. The quantitative estimate of drug-likeness (QED) is 0.630. The number of halogens is 2. The Hall–Kier alpha value is -1.53. The molecule has 1 aliphatic heterocycles. The zero-order chi connectivity index (χ0) is 19.2. The van der Waals surface area contributed by atoms with Gasteiger partial charge in [-0.2, -0.15) is 0 Å². The molecule has 1 saturated heterocycles. The third-order valence-corrected chi connectivity index (χ3v) is 5.22. The first-order chi connectivity index (χ1) is 13.1. The van der Waals surface area contributed by atoms with E-state index in [1.54, 1.807) is 13.2 Å². The smallest absolute Gasteiger partial charge is 0.180 e. The molecular weight excluding hydrogens is 405 g/mol. The third kappa shape index (κ3) is 5.48. The van der Waals surface area contributed by atoms with Crippen LogP contribution in [0.15, 0.2) is 36.4 Å². The molecule has 1 atom stereocenters. The average Bonchev–Trinajstić information content (AvgIpc) is 3.19. The fourth-order valence-corrected chi connectivity index (χ4v) is 3.43. The molecule has 0 aromatic heterocycles. The van der Waals surface area contributed by atoms with Crippen molar-refractivity contribution in [1.82, 2.24) is 5.32 Å². The van der Waals surface area contributed by atoms with Crippen molar-refractivity contribution < 1.29 is 14.2 Å². The van der Waals surface area contributed by atoms with Crippen LogP contribution < -0.4 is 14.8 Å². The maximum Gasteiger partial charge on any atom is 0.180 e. The minimum atomic E-state index is 0.210. The predicted molar refractivity (Wildman–Crippen MR) is 112 cm³/mol. The van der Waals surface area contributed by atoms with Crippen LogP contribution in [0.1, 0.15) is 24.0 Å². The van der Waals surface area contributed by atoms with E-state index >= 15 is 0 Å². The van der Waals surface area contributed by atoms with Crippen molar-refractivity contribution in [1.29, 1.82) is 0 Å². The highest BCUT2D eigenvalue weighted by molar-refractivity contribution is 7.80. The molecule has 0 aliphatic carbocycles. The highest BCUT2D eigenvalue weighted by Crippen LogP contribution is 2.37. The summed E-state index contributed by atoms with van der Waals surface area (Å²) in [4.78, 5) is 0.606. The number of thiocarbonyl (C=S) groups is 1. The first kappa shape index (κ1) is 20.2. The van der Waals surface area contributed by atoms with Crippen LogP contribution in [0, 0.1) is 0 Å². The molecule has 1 N–H and O–H groups in total. The SMILES string of the molecule is COc1cc(C(=S)NC[C@@H]2CCCO2)cc(Cl)c1OCc1ccc(Cl)cc1. The van der Waals surface area contributed by atoms with E-state index in [-0.39, 0.29) is 6.10 Å². The number of rotatable bonds is 7. The largest absolute Gasteiger partial charge is 0.493 e. The van der Waals surface area contributed by atoms with Crippen molar-refractivity contribution in [3.63, 3.8) is 0 Å². The molecule has 1 heterocycles. The highest BCUT2D eigenvalue weighted by atomic mass is 35.5. The summed E-state index contributed by atoms with van der Waals surface area (Å²) in [5.74, 6) is 1.02. The van der Waals surface area contributed by atoms with Gasteiger partial charge in [0, 0.05) is 23.7 Å². The Bertz CT molecular complexity index is 793. The van der Waals surface area contributed by atoms with E-state index in [4.69, 9.17) is 49.6 Å². The van der Waals surface area contributed by atoms with Crippen molar-refractivity contribution in [3.05, 3.63) is 57.6 Å². The molecule has 7 heteroatoms. The minimum absolute atomic E-state index is 0.210. The van der Waals surface area contributed by atoms with E-state index in [0.29, 0.717) is 39.7 Å². The molecule has 0 unspecified atom stereocenters. The van der Waals surface area contributed by atoms with Gasteiger partial charge >= 0.3 is 0 Å². The number of ether oxygens (including phenoxy) is 3. The molecule has 144 valence electrons. The summed E-state index contributed by atoms with van der Waals surface area (Å²) in [5.41, 5.74) is 1.76. The lowest BCUT2D eigenvalue weighted by Gasteiger charge is -2.16. The first-order valence-electron chi connectivity index (χ1n) is 8.71. The van der Waals surface area contributed by atoms with E-state index in [2.05, 4.69) is 5.32 Å². The Kier molecular flexibility index (Phi) is 7.19. The van der Waals surface area contributed by atoms with Crippen LogP contribution in [0.3, 0.4) is 0 Å². The Morgan fingerprint density at radius 3 is 2.70 bits per heavy atom. The molecule has 0 bridgehead atoms. The van der Waals surface area contributed by atoms with E-state index in [9.17, 15) is 0 Å². The summed E-state index contributed by atoms with van der Waals surface area (Å²) < 4.78 is 16.9. The molecule has 2 aromatic rings. The monoisotopic (exact) mass is 425 g/mol. The van der Waals surface area contributed by atoms with Gasteiger partial charge in [-0.05, 0) is 42.7 Å². The molecule has 1 aliphatic rings. The van der Waals surface area contributed by atoms with Crippen LogP contribution >= 0.6 is 35.4 Å². The van der Waals surface area contributed by atoms with Gasteiger partial charge in [0.05, 0.1) is 18.2 Å². The Labute approximate surface area is 174 Å². The number of benzene rings is 2. The van der Waals surface area contributed by atoms with E-state index in [1.807, 2.05) is 30.3 Å². The zero-order valence-electron chi connectivity index (χ0n) is 15.0. The van der Waals surface area contributed by atoms with Crippen LogP contribution in [-0.2, 0) is 11.3 Å². The second-order valence-electron chi connectivity index (χ2n) is 6.25. The van der Waals surface area contributed by atoms with E-state index in [1.165, 1.54) is 0 Å². The third-order valence-electron chi connectivity index (χ3n) is 4.30. The summed E-state index contributed by atoms with van der Waals surface area (Å²) in [6.45, 7) is 1.86. The fourth-order valence-electron chi connectivity index (χ4n) is 2.84. The van der Waals surface area contributed by atoms with Crippen molar-refractivity contribution in [2.24, 2.45) is 0 Å². The second-order valence-corrected chi connectivity index (χ2v) is 7.50. The van der Waals surface area contributed by atoms with Gasteiger partial charge in [0.15, 0.2) is 11.5 Å². The van der Waals surface area contributed by atoms with Gasteiger partial charge in [-0.15, -0.1) is 0 Å². The first-order valence-corrected chi connectivity index (χ1v) is 9.88. The summed E-state index contributed by atoms with van der Waals surface area (Å²) >= 11 is 17.8. The van der Waals surface area contributed by atoms with Gasteiger partial charge in [-0.3, -0.25) is 0 Å². The van der Waals surface area contributed by atoms with Gasteiger partial charge in [0.25, 0.3) is 0 Å². The Morgan fingerprint density at radius 1 is 1.26 bits per heavy atom. The van der Waals surface area contributed by atoms with Crippen molar-refractivity contribution in [2.45, 2.75) is 25.6 Å². The Morgan fingerprint density at radius 2 is 2.04 bits per heavy atom. The molecule has 1 fully saturated rings. The van der Waals surface area contributed by atoms with Crippen LogP contribution in [0.4, 0.5) is 0 Å². The lowest BCUT2D eigenvalue weighted by molar-refractivity contribution is 0.114. The van der Waals surface area contributed by atoms with E-state index < -0.39 is 0 Å². The summed E-state index contributed by atoms with van der Waals surface area (Å²) in [6.07, 6.45) is 2.36. The molecule has 2 aromatic carbocycles. The molecule has 0 spiro atoms. The van der Waals surface area contributed by atoms with Gasteiger partial charge < -0.3 is 19.5 Å². The lowest BCUT2D eigenvalue weighted by atomic mass is 10.1. The second kappa shape index (κ2) is 9.60. The number of hydrogen-bond donors (Lipinski definition) is 1. The Balaban J connectivity index is 1.68. The van der Waals surface area contributed by atoms with Crippen LogP contribution in [0.25, 0.3) is 0 Å². The molecule has 27 heavy (non-hydrogen) atoms. The standard InChI is InChI=1S/C20H21Cl2NO3S/c1-24-18-10-14(20(27)23-11-16-3-2-8-25-16)9-17(22)19(18)26-12-13-4-6-15(21)7-5-13/h4-7,9-10,16H,2-3,8,11-12H2,1H3,(H,23,27)/t16-/m0/s1. The van der Waals surface area contributed by atoms with Crippen molar-refractivity contribution in [3.8, 4) is 11.5 Å². The summed E-state index contributed by atoms with van der Waals surface area (Å²) in [7, 11) is 1.58. The molecule has 3 rings (SSSR count). The summed E-state index contributed by atoms with van der Waals surface area (Å²) in [5, 5.41) is 4.37. The van der Waals surface area contributed by atoms with E-state index in [0.717, 1.165) is 30.6 Å². The van der Waals surface area contributed by atoms with Gasteiger partial charge in [-0.1, -0.05) is 47.6 Å². The molecule has 0 saturated carbocycles. The average molecular weight is 426 g/mol. The van der Waals surface area contributed by atoms with Crippen molar-refractivity contribution >= 4 is 40.4 Å². The molecule has 0 amide bonds. The predicted octanol–water partition coefficient (Wildman–Crippen LogP) is 5.03. The minimum Gasteiger partial charge on any atom is -0.493 e. The fraction of sp³-hybridized carbons (Fsp3) is 0.350. The van der Waals surface area contributed by atoms with Crippen molar-refractivity contribution in [2.75, 3.05) is 20.3 Å². The molecular formula is C20H21Cl2NO3S. The van der Waals surface area contributed by atoms with Gasteiger partial charge in [0.2, 0.25) is 0 Å². The number of hydrogen-bond acceptors (Lipinski definition) is 4. The maximum atomic E-state index is 6.44. The van der Waals surface area contributed by atoms with Crippen LogP contribution in [-0.4, -0.2) is 31.4 Å². The van der Waals surface area contributed by atoms with Gasteiger partial charge in [-0.25, -0.2) is 0 Å². The maximum absolute atomic E-state index is 6.44. The molecule has 4 nitrogen and oxygen atoms in total. The van der Waals surface area contributed by atoms with Crippen LogP contribution in [0.5, 0.6) is 11.5 Å². The lowest BCUT2D eigenvalue weighted by Crippen LogP contribution is -2.31.